The molecule has 2 aliphatic rings. The first-order valence-corrected chi connectivity index (χ1v) is 9.34. The number of amides is 1. The summed E-state index contributed by atoms with van der Waals surface area (Å²) in [5.74, 6) is 0.968. The monoisotopic (exact) mass is 333 g/mol. The van der Waals surface area contributed by atoms with E-state index in [-0.39, 0.29) is 11.9 Å². The van der Waals surface area contributed by atoms with E-state index in [1.807, 2.05) is 20.3 Å². The van der Waals surface area contributed by atoms with E-state index in [2.05, 4.69) is 20.6 Å². The minimum atomic E-state index is -0.324. The van der Waals surface area contributed by atoms with Crippen LogP contribution in [-0.4, -0.2) is 53.3 Å². The fraction of sp³-hybridized carbons (Fsp3) is 0.778. The molecule has 1 saturated carbocycles. The molecule has 0 bridgehead atoms. The third-order valence-corrected chi connectivity index (χ3v) is 5.53. The maximum atomic E-state index is 12.6. The van der Waals surface area contributed by atoms with Gasteiger partial charge in [0.25, 0.3) is 0 Å². The summed E-state index contributed by atoms with van der Waals surface area (Å²) >= 11 is 0. The fourth-order valence-electron chi connectivity index (χ4n) is 4.14. The largest absolute Gasteiger partial charge is 0.352 e. The number of aromatic nitrogens is 2. The van der Waals surface area contributed by atoms with Crippen LogP contribution in [0.25, 0.3) is 0 Å². The summed E-state index contributed by atoms with van der Waals surface area (Å²) in [5, 5.41) is 10.5. The lowest BCUT2D eigenvalue weighted by atomic mass is 10.0. The van der Waals surface area contributed by atoms with Gasteiger partial charge in [0.15, 0.2) is 0 Å². The first-order chi connectivity index (χ1) is 11.7. The van der Waals surface area contributed by atoms with E-state index in [0.717, 1.165) is 37.4 Å². The number of likely N-dealkylation sites (tertiary alicyclic amines) is 1. The summed E-state index contributed by atoms with van der Waals surface area (Å²) in [7, 11) is 3.69. The Bertz CT molecular complexity index is 529. The van der Waals surface area contributed by atoms with Gasteiger partial charge in [-0.05, 0) is 38.6 Å². The lowest BCUT2D eigenvalue weighted by Crippen LogP contribution is -2.48. The van der Waals surface area contributed by atoms with E-state index in [1.54, 1.807) is 10.9 Å². The highest BCUT2D eigenvalue weighted by molar-refractivity contribution is 5.83. The second-order valence-electron chi connectivity index (χ2n) is 7.40. The van der Waals surface area contributed by atoms with Crippen molar-refractivity contribution in [2.45, 2.75) is 50.6 Å². The molecule has 1 atom stereocenters. The third kappa shape index (κ3) is 4.36. The van der Waals surface area contributed by atoms with E-state index < -0.39 is 0 Å². The van der Waals surface area contributed by atoms with Gasteiger partial charge in [-0.1, -0.05) is 12.8 Å². The summed E-state index contributed by atoms with van der Waals surface area (Å²) in [6.45, 7) is 3.48. The molecule has 1 saturated heterocycles. The van der Waals surface area contributed by atoms with E-state index in [4.69, 9.17) is 0 Å². The van der Waals surface area contributed by atoms with Gasteiger partial charge in [0.1, 0.15) is 6.04 Å². The van der Waals surface area contributed by atoms with Crippen molar-refractivity contribution in [3.8, 4) is 0 Å². The Morgan fingerprint density at radius 1 is 1.29 bits per heavy atom. The highest BCUT2D eigenvalue weighted by atomic mass is 16.2. The number of likely N-dealkylation sites (N-methyl/N-ethyl adjacent to an activating group) is 1. The van der Waals surface area contributed by atoms with Crippen molar-refractivity contribution in [2.75, 3.05) is 26.7 Å². The van der Waals surface area contributed by atoms with Crippen molar-refractivity contribution in [3.05, 3.63) is 18.0 Å². The highest BCUT2D eigenvalue weighted by Gasteiger charge is 2.27. The Kier molecular flexibility index (Phi) is 5.89. The fourth-order valence-corrected chi connectivity index (χ4v) is 4.14. The van der Waals surface area contributed by atoms with Gasteiger partial charge in [-0.2, -0.15) is 5.10 Å². The van der Waals surface area contributed by atoms with E-state index in [0.29, 0.717) is 6.04 Å². The smallest absolute Gasteiger partial charge is 0.242 e. The van der Waals surface area contributed by atoms with Gasteiger partial charge in [-0.25, -0.2) is 0 Å². The number of aryl methyl sites for hydroxylation is 1. The van der Waals surface area contributed by atoms with Crippen molar-refractivity contribution in [1.82, 2.24) is 25.3 Å². The van der Waals surface area contributed by atoms with Gasteiger partial charge in [0, 0.05) is 44.5 Å². The number of rotatable bonds is 6. The summed E-state index contributed by atoms with van der Waals surface area (Å²) in [4.78, 5) is 15.2. The Labute approximate surface area is 145 Å². The molecule has 1 aromatic rings. The SMILES string of the molecule is CNC(C(=O)NC1CCN(CC2CCCC2)CC1)c1cnn(C)c1. The van der Waals surface area contributed by atoms with Crippen LogP contribution in [0.1, 0.15) is 50.1 Å². The van der Waals surface area contributed by atoms with Crippen LogP contribution in [0.15, 0.2) is 12.4 Å². The summed E-state index contributed by atoms with van der Waals surface area (Å²) in [5.41, 5.74) is 0.913. The molecule has 134 valence electrons. The second kappa shape index (κ2) is 8.12. The standard InChI is InChI=1S/C18H31N5O/c1-19-17(15-11-20-22(2)13-15)18(24)21-16-7-9-23(10-8-16)12-14-5-3-4-6-14/h11,13-14,16-17,19H,3-10,12H2,1-2H3,(H,21,24). The van der Waals surface area contributed by atoms with Gasteiger partial charge < -0.3 is 15.5 Å². The summed E-state index contributed by atoms with van der Waals surface area (Å²) in [6.07, 6.45) is 11.4. The van der Waals surface area contributed by atoms with Gasteiger partial charge in [-0.15, -0.1) is 0 Å². The van der Waals surface area contributed by atoms with Crippen molar-refractivity contribution >= 4 is 5.91 Å². The highest BCUT2D eigenvalue weighted by Crippen LogP contribution is 2.26. The molecule has 1 aliphatic heterocycles. The maximum Gasteiger partial charge on any atom is 0.242 e. The lowest BCUT2D eigenvalue weighted by Gasteiger charge is -2.34. The average molecular weight is 333 g/mol. The van der Waals surface area contributed by atoms with Crippen LogP contribution in [0.4, 0.5) is 0 Å². The molecule has 3 rings (SSSR count). The van der Waals surface area contributed by atoms with Crippen molar-refractivity contribution in [2.24, 2.45) is 13.0 Å². The minimum absolute atomic E-state index is 0.0553. The van der Waals surface area contributed by atoms with Crippen molar-refractivity contribution in [1.29, 1.82) is 0 Å². The number of nitrogens with zero attached hydrogens (tertiary/aromatic N) is 3. The predicted octanol–water partition coefficient (Wildman–Crippen LogP) is 1.45. The number of carbonyl (C=O) groups is 1. The van der Waals surface area contributed by atoms with Crippen molar-refractivity contribution in [3.63, 3.8) is 0 Å². The Balaban J connectivity index is 1.45. The number of hydrogen-bond acceptors (Lipinski definition) is 4. The normalized spacial score (nSPS) is 21.9. The molecular formula is C18H31N5O. The summed E-state index contributed by atoms with van der Waals surface area (Å²) in [6, 6.07) is -0.0277. The van der Waals surface area contributed by atoms with Crippen LogP contribution in [-0.2, 0) is 11.8 Å². The average Bonchev–Trinajstić information content (AvgIpc) is 3.22. The molecule has 6 heteroatoms. The molecule has 1 aliphatic carbocycles. The number of piperidine rings is 1. The Hall–Kier alpha value is -1.40. The molecule has 1 unspecified atom stereocenters. The number of nitrogens with one attached hydrogen (secondary N) is 2. The molecule has 2 fully saturated rings. The van der Waals surface area contributed by atoms with Crippen molar-refractivity contribution < 1.29 is 4.79 Å². The van der Waals surface area contributed by atoms with Crippen LogP contribution in [0.5, 0.6) is 0 Å². The molecule has 0 radical (unpaired) electrons. The third-order valence-electron chi connectivity index (χ3n) is 5.53. The Morgan fingerprint density at radius 2 is 2.00 bits per heavy atom. The quantitative estimate of drug-likeness (QED) is 0.827. The first kappa shape index (κ1) is 17.4. The topological polar surface area (TPSA) is 62.2 Å². The van der Waals surface area contributed by atoms with Gasteiger partial charge in [0.2, 0.25) is 5.91 Å². The zero-order chi connectivity index (χ0) is 16.9. The first-order valence-electron chi connectivity index (χ1n) is 9.34. The molecule has 24 heavy (non-hydrogen) atoms. The predicted molar refractivity (Wildman–Crippen MR) is 94.6 cm³/mol. The molecule has 0 spiro atoms. The molecule has 2 N–H and O–H groups in total. The molecule has 6 nitrogen and oxygen atoms in total. The number of hydrogen-bond donors (Lipinski definition) is 2. The van der Waals surface area contributed by atoms with Gasteiger partial charge in [0.05, 0.1) is 6.20 Å². The van der Waals surface area contributed by atoms with E-state index in [9.17, 15) is 4.79 Å². The van der Waals surface area contributed by atoms with Crippen LogP contribution < -0.4 is 10.6 Å². The minimum Gasteiger partial charge on any atom is -0.352 e. The van der Waals surface area contributed by atoms with Crippen LogP contribution in [0.3, 0.4) is 0 Å². The van der Waals surface area contributed by atoms with Crippen LogP contribution in [0, 0.1) is 5.92 Å². The molecule has 0 aromatic carbocycles. The lowest BCUT2D eigenvalue weighted by molar-refractivity contribution is -0.124. The van der Waals surface area contributed by atoms with Gasteiger partial charge >= 0.3 is 0 Å². The molecule has 1 aromatic heterocycles. The maximum absolute atomic E-state index is 12.6. The van der Waals surface area contributed by atoms with Crippen LogP contribution >= 0.6 is 0 Å². The van der Waals surface area contributed by atoms with E-state index in [1.165, 1.54) is 32.2 Å². The van der Waals surface area contributed by atoms with Gasteiger partial charge in [-0.3, -0.25) is 9.48 Å². The second-order valence-corrected chi connectivity index (χ2v) is 7.40. The molecule has 1 amide bonds. The summed E-state index contributed by atoms with van der Waals surface area (Å²) < 4.78 is 1.73. The number of carbonyl (C=O) groups excluding carboxylic acids is 1. The zero-order valence-corrected chi connectivity index (χ0v) is 15.0. The Morgan fingerprint density at radius 3 is 2.58 bits per heavy atom. The molecular weight excluding hydrogens is 302 g/mol. The zero-order valence-electron chi connectivity index (χ0n) is 15.0. The molecule has 2 heterocycles. The van der Waals surface area contributed by atoms with Crippen LogP contribution in [0.2, 0.25) is 0 Å². The van der Waals surface area contributed by atoms with E-state index >= 15 is 0 Å².